The van der Waals surface area contributed by atoms with Crippen molar-refractivity contribution in [2.45, 2.75) is 5.82 Å². The van der Waals surface area contributed by atoms with Gasteiger partial charge in [0.2, 0.25) is 0 Å². The molecule has 0 spiro atoms. The fraction of sp³-hybridized carbons (Fsp3) is 0.143. The van der Waals surface area contributed by atoms with E-state index in [1.165, 1.54) is 4.46 Å². The van der Waals surface area contributed by atoms with Crippen molar-refractivity contribution in [2.24, 2.45) is 0 Å². The van der Waals surface area contributed by atoms with Crippen molar-refractivity contribution in [1.29, 1.82) is 0 Å². The van der Waals surface area contributed by atoms with E-state index < -0.39 is 0 Å². The van der Waals surface area contributed by atoms with E-state index in [9.17, 15) is 0 Å². The molecule has 1 aromatic carbocycles. The van der Waals surface area contributed by atoms with Crippen LogP contribution in [0.3, 0.4) is 0 Å². The first-order valence-electron chi connectivity index (χ1n) is 2.44. The van der Waals surface area contributed by atoms with Crippen LogP contribution in [0.4, 0.5) is 0 Å². The molecule has 0 unspecified atom stereocenters. The van der Waals surface area contributed by atoms with Gasteiger partial charge in [0, 0.05) is 0 Å². The molecule has 0 heterocycles. The van der Waals surface area contributed by atoms with Crippen molar-refractivity contribution in [2.75, 3.05) is 0 Å². The summed E-state index contributed by atoms with van der Waals surface area (Å²) in [5.74, 6) is 2.19. The monoisotopic (exact) mass is 171 g/mol. The van der Waals surface area contributed by atoms with Gasteiger partial charge >= 0.3 is 55.6 Å². The van der Waals surface area contributed by atoms with Crippen molar-refractivity contribution in [3.05, 3.63) is 30.3 Å². The summed E-state index contributed by atoms with van der Waals surface area (Å²) in [7, 11) is 0. The van der Waals surface area contributed by atoms with Gasteiger partial charge in [-0.15, -0.1) is 0 Å². The third-order valence-electron chi connectivity index (χ3n) is 0.900. The first-order valence-corrected chi connectivity index (χ1v) is 5.01. The van der Waals surface area contributed by atoms with Crippen LogP contribution in [0.2, 0.25) is 5.82 Å². The van der Waals surface area contributed by atoms with Crippen LogP contribution >= 0.6 is 0 Å². The van der Waals surface area contributed by atoms with Gasteiger partial charge in [0.05, 0.1) is 0 Å². The zero-order chi connectivity index (χ0) is 5.82. The van der Waals surface area contributed by atoms with Gasteiger partial charge in [-0.3, -0.25) is 0 Å². The third-order valence-corrected chi connectivity index (χ3v) is 2.36. The van der Waals surface area contributed by atoms with Crippen LogP contribution in [0.15, 0.2) is 24.3 Å². The average Bonchev–Trinajstić information content (AvgIpc) is 1.90. The maximum atomic E-state index is 3.15. The molecule has 0 amide bonds. The predicted octanol–water partition coefficient (Wildman–Crippen LogP) is 0.864. The van der Waals surface area contributed by atoms with Crippen LogP contribution < -0.4 is 4.46 Å². The van der Waals surface area contributed by atoms with Crippen molar-refractivity contribution in [3.8, 4) is 0 Å². The van der Waals surface area contributed by atoms with E-state index in [1.807, 2.05) is 12.1 Å². The Kier molecular flexibility index (Phi) is 2.13. The molecule has 0 atom stereocenters. The molecular formula is C7H7Se. The summed E-state index contributed by atoms with van der Waals surface area (Å²) in [4.78, 5) is 0. The van der Waals surface area contributed by atoms with Gasteiger partial charge < -0.3 is 0 Å². The second-order valence-electron chi connectivity index (χ2n) is 1.43. The van der Waals surface area contributed by atoms with E-state index >= 15 is 0 Å². The molecule has 0 saturated heterocycles. The van der Waals surface area contributed by atoms with Gasteiger partial charge in [0.25, 0.3) is 0 Å². The van der Waals surface area contributed by atoms with Crippen LogP contribution in [0.5, 0.6) is 0 Å². The number of rotatable bonds is 1. The SMILES string of the molecule is C[Se]c1[c]cccc1. The van der Waals surface area contributed by atoms with Crippen LogP contribution in [-0.2, 0) is 0 Å². The molecule has 0 aromatic heterocycles. The normalized spacial score (nSPS) is 9.12. The van der Waals surface area contributed by atoms with Gasteiger partial charge in [-0.25, -0.2) is 0 Å². The summed E-state index contributed by atoms with van der Waals surface area (Å²) >= 11 is 0.612. The Morgan fingerprint density at radius 2 is 2.38 bits per heavy atom. The second-order valence-corrected chi connectivity index (χ2v) is 3.21. The Morgan fingerprint density at radius 1 is 1.50 bits per heavy atom. The quantitative estimate of drug-likeness (QED) is 0.548. The van der Waals surface area contributed by atoms with E-state index in [-0.39, 0.29) is 0 Å². The van der Waals surface area contributed by atoms with Crippen molar-refractivity contribution >= 4 is 19.4 Å². The topological polar surface area (TPSA) is 0 Å². The zero-order valence-electron chi connectivity index (χ0n) is 4.72. The van der Waals surface area contributed by atoms with Gasteiger partial charge in [0.15, 0.2) is 0 Å². The molecule has 0 saturated carbocycles. The van der Waals surface area contributed by atoms with E-state index in [4.69, 9.17) is 0 Å². The summed E-state index contributed by atoms with van der Waals surface area (Å²) < 4.78 is 1.35. The summed E-state index contributed by atoms with van der Waals surface area (Å²) in [6.45, 7) is 0. The molecule has 0 aliphatic carbocycles. The molecule has 0 bridgehead atoms. The van der Waals surface area contributed by atoms with Crippen LogP contribution in [0, 0.1) is 6.07 Å². The minimum absolute atomic E-state index is 0.612. The molecular weight excluding hydrogens is 163 g/mol. The molecule has 1 aromatic rings. The fourth-order valence-corrected chi connectivity index (χ4v) is 1.34. The van der Waals surface area contributed by atoms with Gasteiger partial charge in [-0.2, -0.15) is 0 Å². The van der Waals surface area contributed by atoms with Crippen LogP contribution in [-0.4, -0.2) is 15.0 Å². The Labute approximate surface area is 56.1 Å². The van der Waals surface area contributed by atoms with E-state index in [1.54, 1.807) is 0 Å². The summed E-state index contributed by atoms with van der Waals surface area (Å²) in [5, 5.41) is 0. The van der Waals surface area contributed by atoms with E-state index in [2.05, 4.69) is 24.0 Å². The first-order chi connectivity index (χ1) is 3.93. The Balaban J connectivity index is 2.83. The van der Waals surface area contributed by atoms with Gasteiger partial charge in [-0.05, 0) is 0 Å². The minimum atomic E-state index is 0.612. The van der Waals surface area contributed by atoms with E-state index in [0.717, 1.165) is 0 Å². The second kappa shape index (κ2) is 2.91. The Bertz CT molecular complexity index is 146. The number of hydrogen-bond donors (Lipinski definition) is 0. The fourth-order valence-electron chi connectivity index (χ4n) is 0.504. The Morgan fingerprint density at radius 3 is 2.75 bits per heavy atom. The predicted molar refractivity (Wildman–Crippen MR) is 36.5 cm³/mol. The zero-order valence-corrected chi connectivity index (χ0v) is 6.43. The van der Waals surface area contributed by atoms with Crippen LogP contribution in [0.25, 0.3) is 0 Å². The number of hydrogen-bond acceptors (Lipinski definition) is 0. The third kappa shape index (κ3) is 1.36. The van der Waals surface area contributed by atoms with Crippen LogP contribution in [0.1, 0.15) is 0 Å². The number of benzene rings is 1. The standard InChI is InChI=1S/C7H7Se/c1-8-7-5-3-2-4-6-7/h2-5H,1H3. The molecule has 1 radical (unpaired) electrons. The molecule has 0 nitrogen and oxygen atoms in total. The molecule has 1 rings (SSSR count). The Hall–Kier alpha value is -0.261. The summed E-state index contributed by atoms with van der Waals surface area (Å²) in [6, 6.07) is 11.3. The molecule has 1 heteroatoms. The first kappa shape index (κ1) is 5.87. The average molecular weight is 170 g/mol. The maximum absolute atomic E-state index is 3.15. The molecule has 0 fully saturated rings. The van der Waals surface area contributed by atoms with Gasteiger partial charge in [-0.1, -0.05) is 0 Å². The molecule has 0 aliphatic heterocycles. The molecule has 0 aliphatic rings. The molecule has 8 heavy (non-hydrogen) atoms. The van der Waals surface area contributed by atoms with E-state index in [0.29, 0.717) is 15.0 Å². The van der Waals surface area contributed by atoms with Gasteiger partial charge in [0.1, 0.15) is 0 Å². The molecule has 0 N–H and O–H groups in total. The summed E-state index contributed by atoms with van der Waals surface area (Å²) in [6.07, 6.45) is 0. The van der Waals surface area contributed by atoms with Crippen molar-refractivity contribution < 1.29 is 0 Å². The summed E-state index contributed by atoms with van der Waals surface area (Å²) in [5.41, 5.74) is 0. The van der Waals surface area contributed by atoms with Crippen molar-refractivity contribution in [1.82, 2.24) is 0 Å². The molecule has 41 valence electrons. The van der Waals surface area contributed by atoms with Crippen molar-refractivity contribution in [3.63, 3.8) is 0 Å².